The van der Waals surface area contributed by atoms with Gasteiger partial charge >= 0.3 is 0 Å². The maximum atomic E-state index is 11.9. The summed E-state index contributed by atoms with van der Waals surface area (Å²) in [7, 11) is 0. The van der Waals surface area contributed by atoms with Crippen LogP contribution in [0.4, 0.5) is 0 Å². The molecule has 0 aliphatic heterocycles. The average Bonchev–Trinajstić information content (AvgIpc) is 2.44. The van der Waals surface area contributed by atoms with E-state index in [-0.39, 0.29) is 0 Å². The molecule has 1 aliphatic carbocycles. The van der Waals surface area contributed by atoms with Crippen molar-refractivity contribution in [3.05, 3.63) is 34.4 Å². The first kappa shape index (κ1) is 10.4. The van der Waals surface area contributed by atoms with Crippen molar-refractivity contribution < 1.29 is 4.79 Å². The van der Waals surface area contributed by atoms with Gasteiger partial charge in [-0.25, -0.2) is 0 Å². The molecule has 1 heteroatoms. The first-order chi connectivity index (χ1) is 7.00. The van der Waals surface area contributed by atoms with Gasteiger partial charge in [0.2, 0.25) is 0 Å². The van der Waals surface area contributed by atoms with Gasteiger partial charge in [-0.1, -0.05) is 25.5 Å². The fourth-order valence-electron chi connectivity index (χ4n) is 2.68. The molecule has 80 valence electrons. The molecular weight excluding hydrogens is 184 g/mol. The minimum absolute atomic E-state index is 0.329. The molecule has 1 aromatic carbocycles. The Morgan fingerprint density at radius 3 is 2.53 bits per heavy atom. The van der Waals surface area contributed by atoms with Gasteiger partial charge in [-0.15, -0.1) is 0 Å². The lowest BCUT2D eigenvalue weighted by molar-refractivity contribution is 0.0984. The molecule has 1 aliphatic rings. The van der Waals surface area contributed by atoms with Gasteiger partial charge in [0.25, 0.3) is 0 Å². The van der Waals surface area contributed by atoms with Gasteiger partial charge in [-0.2, -0.15) is 0 Å². The zero-order valence-corrected chi connectivity index (χ0v) is 9.92. The van der Waals surface area contributed by atoms with E-state index in [1.165, 1.54) is 16.7 Å². The van der Waals surface area contributed by atoms with Crippen LogP contribution >= 0.6 is 0 Å². The second-order valence-corrected chi connectivity index (χ2v) is 5.02. The number of rotatable bonds is 1. The average molecular weight is 202 g/mol. The summed E-state index contributed by atoms with van der Waals surface area (Å²) in [6.07, 6.45) is 0.706. The van der Waals surface area contributed by atoms with Gasteiger partial charge in [0.1, 0.15) is 0 Å². The number of aryl methyl sites for hydroxylation is 2. The van der Waals surface area contributed by atoms with E-state index in [4.69, 9.17) is 0 Å². The van der Waals surface area contributed by atoms with E-state index in [0.29, 0.717) is 24.0 Å². The first-order valence-corrected chi connectivity index (χ1v) is 5.65. The lowest BCUT2D eigenvalue weighted by atomic mass is 9.87. The number of Topliss-reactive ketones (excluding diaryl/α,β-unsaturated/α-hetero) is 1. The largest absolute Gasteiger partial charge is 0.294 e. The Balaban J connectivity index is 2.60. The maximum Gasteiger partial charge on any atom is 0.163 e. The van der Waals surface area contributed by atoms with E-state index < -0.39 is 0 Å². The topological polar surface area (TPSA) is 17.1 Å². The predicted molar refractivity (Wildman–Crippen MR) is 62.4 cm³/mol. The first-order valence-electron chi connectivity index (χ1n) is 5.65. The van der Waals surface area contributed by atoms with E-state index in [9.17, 15) is 4.79 Å². The van der Waals surface area contributed by atoms with Crippen molar-refractivity contribution >= 4 is 5.78 Å². The molecule has 0 bridgehead atoms. The third-order valence-electron chi connectivity index (χ3n) is 3.41. The van der Waals surface area contributed by atoms with E-state index in [0.717, 1.165) is 5.56 Å². The molecule has 1 aromatic rings. The maximum absolute atomic E-state index is 11.9. The molecular formula is C14H18O. The van der Waals surface area contributed by atoms with E-state index in [2.05, 4.69) is 33.8 Å². The zero-order chi connectivity index (χ0) is 11.2. The third kappa shape index (κ3) is 1.60. The minimum atomic E-state index is 0.329. The molecule has 0 aromatic heterocycles. The Morgan fingerprint density at radius 1 is 1.27 bits per heavy atom. The van der Waals surface area contributed by atoms with Crippen LogP contribution in [0.2, 0.25) is 0 Å². The van der Waals surface area contributed by atoms with Crippen LogP contribution in [0, 0.1) is 19.8 Å². The quantitative estimate of drug-likeness (QED) is 0.679. The Labute approximate surface area is 91.5 Å². The molecule has 0 heterocycles. The summed E-state index contributed by atoms with van der Waals surface area (Å²) in [5.74, 6) is 1.32. The fourth-order valence-corrected chi connectivity index (χ4v) is 2.68. The van der Waals surface area contributed by atoms with Crippen LogP contribution in [0.15, 0.2) is 12.1 Å². The monoisotopic (exact) mass is 202 g/mol. The lowest BCUT2D eigenvalue weighted by Crippen LogP contribution is -2.04. The van der Waals surface area contributed by atoms with Crippen molar-refractivity contribution in [2.24, 2.45) is 5.92 Å². The summed E-state index contributed by atoms with van der Waals surface area (Å²) in [4.78, 5) is 11.9. The summed E-state index contributed by atoms with van der Waals surface area (Å²) < 4.78 is 0. The molecule has 0 saturated heterocycles. The predicted octanol–water partition coefficient (Wildman–Crippen LogP) is 3.63. The summed E-state index contributed by atoms with van der Waals surface area (Å²) in [6, 6.07) is 4.24. The molecule has 1 atom stereocenters. The van der Waals surface area contributed by atoms with E-state index in [1.54, 1.807) is 0 Å². The van der Waals surface area contributed by atoms with Crippen LogP contribution in [0.1, 0.15) is 53.2 Å². The molecule has 0 N–H and O–H groups in total. The Kier molecular flexibility index (Phi) is 2.41. The second kappa shape index (κ2) is 3.48. The van der Waals surface area contributed by atoms with Crippen molar-refractivity contribution in [3.8, 4) is 0 Å². The van der Waals surface area contributed by atoms with Crippen LogP contribution in [0.5, 0.6) is 0 Å². The Hall–Kier alpha value is -1.11. The molecule has 0 fully saturated rings. The van der Waals surface area contributed by atoms with Crippen molar-refractivity contribution in [1.82, 2.24) is 0 Å². The zero-order valence-electron chi connectivity index (χ0n) is 9.92. The normalized spacial score (nSPS) is 19.8. The van der Waals surface area contributed by atoms with Gasteiger partial charge in [-0.3, -0.25) is 4.79 Å². The molecule has 2 rings (SSSR count). The van der Waals surface area contributed by atoms with Gasteiger partial charge in [0, 0.05) is 12.0 Å². The molecule has 0 saturated carbocycles. The van der Waals surface area contributed by atoms with Crippen molar-refractivity contribution in [3.63, 3.8) is 0 Å². The second-order valence-electron chi connectivity index (χ2n) is 5.02. The van der Waals surface area contributed by atoms with Gasteiger partial charge in [0.15, 0.2) is 5.78 Å². The number of ketones is 1. The Bertz CT molecular complexity index is 416. The van der Waals surface area contributed by atoms with Crippen molar-refractivity contribution in [1.29, 1.82) is 0 Å². The lowest BCUT2D eigenvalue weighted by Gasteiger charge is -2.17. The highest BCUT2D eigenvalue weighted by atomic mass is 16.1. The summed E-state index contributed by atoms with van der Waals surface area (Å²) in [5, 5.41) is 0. The minimum Gasteiger partial charge on any atom is -0.294 e. The number of hydrogen-bond acceptors (Lipinski definition) is 1. The number of hydrogen-bond donors (Lipinski definition) is 0. The summed E-state index contributed by atoms with van der Waals surface area (Å²) >= 11 is 0. The van der Waals surface area contributed by atoms with Gasteiger partial charge in [-0.05, 0) is 42.9 Å². The van der Waals surface area contributed by atoms with Gasteiger partial charge < -0.3 is 0 Å². The summed E-state index contributed by atoms with van der Waals surface area (Å²) in [6.45, 7) is 8.59. The summed E-state index contributed by atoms with van der Waals surface area (Å²) in [5.41, 5.74) is 4.77. The highest BCUT2D eigenvalue weighted by Gasteiger charge is 2.32. The molecule has 0 radical (unpaired) electrons. The van der Waals surface area contributed by atoms with Crippen LogP contribution in [0.25, 0.3) is 0 Å². The molecule has 0 spiro atoms. The van der Waals surface area contributed by atoms with Gasteiger partial charge in [0.05, 0.1) is 0 Å². The number of benzene rings is 1. The van der Waals surface area contributed by atoms with E-state index in [1.807, 2.05) is 6.07 Å². The molecule has 15 heavy (non-hydrogen) atoms. The number of carbonyl (C=O) groups excluding carboxylic acids is 1. The third-order valence-corrected chi connectivity index (χ3v) is 3.41. The number of fused-ring (bicyclic) bond motifs is 1. The standard InChI is InChI=1S/C14H18O/c1-8(2)11-7-13(15)12-6-9(3)5-10(4)14(11)12/h5-6,8,11H,7H2,1-4H3. The van der Waals surface area contributed by atoms with Crippen LogP contribution in [-0.2, 0) is 0 Å². The molecule has 1 nitrogen and oxygen atoms in total. The Morgan fingerprint density at radius 2 is 1.93 bits per heavy atom. The fraction of sp³-hybridized carbons (Fsp3) is 0.500. The smallest absolute Gasteiger partial charge is 0.163 e. The van der Waals surface area contributed by atoms with Crippen LogP contribution < -0.4 is 0 Å². The highest BCUT2D eigenvalue weighted by molar-refractivity contribution is 6.02. The number of carbonyl (C=O) groups is 1. The van der Waals surface area contributed by atoms with E-state index >= 15 is 0 Å². The molecule has 0 amide bonds. The van der Waals surface area contributed by atoms with Crippen LogP contribution in [-0.4, -0.2) is 5.78 Å². The van der Waals surface area contributed by atoms with Crippen molar-refractivity contribution in [2.75, 3.05) is 0 Å². The highest BCUT2D eigenvalue weighted by Crippen LogP contribution is 2.40. The SMILES string of the molecule is Cc1cc(C)c2c(c1)C(=O)CC2C(C)C. The van der Waals surface area contributed by atoms with Crippen molar-refractivity contribution in [2.45, 2.75) is 40.0 Å². The van der Waals surface area contributed by atoms with Crippen LogP contribution in [0.3, 0.4) is 0 Å². The molecule has 1 unspecified atom stereocenters.